The first kappa shape index (κ1) is 24.3. The zero-order chi connectivity index (χ0) is 23.8. The van der Waals surface area contributed by atoms with Gasteiger partial charge in [0.15, 0.2) is 14.5 Å². The highest BCUT2D eigenvalue weighted by atomic mass is 28.4. The van der Waals surface area contributed by atoms with E-state index in [0.29, 0.717) is 4.57 Å². The lowest BCUT2D eigenvalue weighted by molar-refractivity contribution is -0.0538. The lowest BCUT2D eigenvalue weighted by Gasteiger charge is -2.40. The van der Waals surface area contributed by atoms with Crippen molar-refractivity contribution in [3.05, 3.63) is 69.0 Å². The van der Waals surface area contributed by atoms with Crippen LogP contribution < -0.4 is 11.2 Å². The summed E-state index contributed by atoms with van der Waals surface area (Å²) in [6.45, 7) is 9.60. The predicted molar refractivity (Wildman–Crippen MR) is 120 cm³/mol. The number of carbonyl (C=O) groups is 1. The summed E-state index contributed by atoms with van der Waals surface area (Å²) in [6, 6.07) is 9.08. The molecule has 0 bridgehead atoms. The van der Waals surface area contributed by atoms with Crippen LogP contribution in [0.4, 0.5) is 0 Å². The van der Waals surface area contributed by atoms with Gasteiger partial charge in [0.1, 0.15) is 18.3 Å². The van der Waals surface area contributed by atoms with E-state index in [4.69, 9.17) is 9.16 Å². The summed E-state index contributed by atoms with van der Waals surface area (Å²) in [5.74, 6) is -0.769. The van der Waals surface area contributed by atoms with E-state index in [2.05, 4.69) is 0 Å². The molecule has 0 aliphatic carbocycles. The Labute approximate surface area is 187 Å². The van der Waals surface area contributed by atoms with Gasteiger partial charge in [-0.25, -0.2) is 4.79 Å². The maximum atomic E-state index is 13.2. The van der Waals surface area contributed by atoms with E-state index in [1.165, 1.54) is 18.3 Å². The summed E-state index contributed by atoms with van der Waals surface area (Å²) in [4.78, 5) is 38.5. The van der Waals surface area contributed by atoms with Gasteiger partial charge in [-0.15, -0.1) is 0 Å². The van der Waals surface area contributed by atoms with Gasteiger partial charge in [0.05, 0.1) is 6.61 Å². The molecule has 10 heteroatoms. The molecule has 4 atom stereocenters. The third kappa shape index (κ3) is 4.41. The molecular formula is C22H30N2O7Si. The molecule has 1 aromatic heterocycles. The SMILES string of the molecule is CC(C)(C)[Si](C)(C)O[C@@H]1[C@H](O)[C@@H](CO)O[C@H]1n1ccc(=O)n(C(=O)c2ccccc2)c1=O. The Hall–Kier alpha value is -2.37. The quantitative estimate of drug-likeness (QED) is 0.644. The molecule has 0 radical (unpaired) electrons. The highest BCUT2D eigenvalue weighted by Crippen LogP contribution is 2.41. The van der Waals surface area contributed by atoms with Gasteiger partial charge in [0.25, 0.3) is 11.5 Å². The van der Waals surface area contributed by atoms with Crippen molar-refractivity contribution in [1.82, 2.24) is 9.13 Å². The number of hydrogen-bond acceptors (Lipinski definition) is 7. The second-order valence-corrected chi connectivity index (χ2v) is 14.2. The van der Waals surface area contributed by atoms with Crippen LogP contribution in [0.1, 0.15) is 37.4 Å². The number of nitrogens with zero attached hydrogens (tertiary/aromatic N) is 2. The number of benzene rings is 1. The van der Waals surface area contributed by atoms with Gasteiger partial charge in [-0.1, -0.05) is 39.0 Å². The molecule has 0 unspecified atom stereocenters. The fourth-order valence-corrected chi connectivity index (χ4v) is 4.61. The Morgan fingerprint density at radius 3 is 2.34 bits per heavy atom. The van der Waals surface area contributed by atoms with Crippen molar-refractivity contribution in [3.63, 3.8) is 0 Å². The van der Waals surface area contributed by atoms with E-state index in [-0.39, 0.29) is 10.6 Å². The van der Waals surface area contributed by atoms with Crippen LogP contribution in [0.5, 0.6) is 0 Å². The zero-order valence-corrected chi connectivity index (χ0v) is 19.9. The smallest absolute Gasteiger partial charge is 0.340 e. The summed E-state index contributed by atoms with van der Waals surface area (Å²) in [6.07, 6.45) is -3.05. The van der Waals surface area contributed by atoms with Crippen molar-refractivity contribution in [3.8, 4) is 0 Å². The summed E-state index contributed by atoms with van der Waals surface area (Å²) in [5.41, 5.74) is -1.51. The minimum absolute atomic E-state index is 0.180. The third-order valence-corrected chi connectivity index (χ3v) is 10.7. The second-order valence-electron chi connectivity index (χ2n) is 9.43. The number of rotatable bonds is 5. The average molecular weight is 463 g/mol. The molecule has 1 aliphatic rings. The largest absolute Gasteiger partial charge is 0.407 e. The molecule has 3 rings (SSSR count). The van der Waals surface area contributed by atoms with Crippen LogP contribution in [-0.2, 0) is 9.16 Å². The Balaban J connectivity index is 2.08. The number of ether oxygens (including phenoxy) is 1. The monoisotopic (exact) mass is 462 g/mol. The van der Waals surface area contributed by atoms with Crippen molar-refractivity contribution >= 4 is 14.2 Å². The van der Waals surface area contributed by atoms with E-state index in [1.54, 1.807) is 18.2 Å². The highest BCUT2D eigenvalue weighted by molar-refractivity contribution is 6.74. The lowest BCUT2D eigenvalue weighted by Crippen LogP contribution is -2.51. The number of hydrogen-bond donors (Lipinski definition) is 2. The van der Waals surface area contributed by atoms with Gasteiger partial charge in [0.2, 0.25) is 0 Å². The number of aliphatic hydroxyl groups is 2. The van der Waals surface area contributed by atoms with Crippen LogP contribution in [0, 0.1) is 0 Å². The maximum Gasteiger partial charge on any atom is 0.340 e. The first-order valence-corrected chi connectivity index (χ1v) is 13.4. The summed E-state index contributed by atoms with van der Waals surface area (Å²) < 4.78 is 13.7. The molecule has 1 aliphatic heterocycles. The number of carbonyl (C=O) groups excluding carboxylic acids is 1. The third-order valence-electron chi connectivity index (χ3n) is 6.24. The van der Waals surface area contributed by atoms with Crippen molar-refractivity contribution in [1.29, 1.82) is 0 Å². The molecule has 1 aromatic carbocycles. The van der Waals surface area contributed by atoms with Gasteiger partial charge in [-0.05, 0) is 30.3 Å². The Morgan fingerprint density at radius 1 is 1.16 bits per heavy atom. The standard InChI is InChI=1S/C22H30N2O7Si/c1-22(2,3)32(4,5)31-18-17(27)15(13-25)30-20(18)23-12-11-16(26)24(21(23)29)19(28)14-9-7-6-8-10-14/h6-12,15,17-18,20,25,27H,13H2,1-5H3/t15-,17-,18-,20-/m1/s1. The second kappa shape index (κ2) is 8.87. The van der Waals surface area contributed by atoms with Gasteiger partial charge in [-0.3, -0.25) is 14.2 Å². The molecule has 2 N–H and O–H groups in total. The lowest BCUT2D eigenvalue weighted by atomic mass is 10.1. The molecule has 32 heavy (non-hydrogen) atoms. The molecule has 1 saturated heterocycles. The van der Waals surface area contributed by atoms with Gasteiger partial charge in [0, 0.05) is 17.8 Å². The Kier molecular flexibility index (Phi) is 6.73. The maximum absolute atomic E-state index is 13.2. The molecule has 0 amide bonds. The molecule has 1 fully saturated rings. The summed E-state index contributed by atoms with van der Waals surface area (Å²) in [7, 11) is -2.42. The Morgan fingerprint density at radius 2 is 1.78 bits per heavy atom. The highest BCUT2D eigenvalue weighted by Gasteiger charge is 2.50. The Bertz CT molecular complexity index is 1090. The van der Waals surface area contributed by atoms with Crippen LogP contribution in [0.3, 0.4) is 0 Å². The van der Waals surface area contributed by atoms with Crippen LogP contribution in [0.15, 0.2) is 52.2 Å². The molecule has 0 spiro atoms. The van der Waals surface area contributed by atoms with Crippen LogP contribution >= 0.6 is 0 Å². The van der Waals surface area contributed by atoms with E-state index in [0.717, 1.165) is 10.6 Å². The molecular weight excluding hydrogens is 432 g/mol. The van der Waals surface area contributed by atoms with Gasteiger partial charge in [-0.2, -0.15) is 4.57 Å². The fourth-order valence-electron chi connectivity index (χ4n) is 3.32. The molecule has 9 nitrogen and oxygen atoms in total. The van der Waals surface area contributed by atoms with Gasteiger partial charge < -0.3 is 19.4 Å². The van der Waals surface area contributed by atoms with Crippen molar-refractivity contribution in [2.45, 2.75) is 63.4 Å². The molecule has 2 aromatic rings. The van der Waals surface area contributed by atoms with E-state index in [9.17, 15) is 24.6 Å². The van der Waals surface area contributed by atoms with Crippen LogP contribution in [-0.4, -0.2) is 58.5 Å². The fraction of sp³-hybridized carbons (Fsp3) is 0.500. The molecule has 2 heterocycles. The molecule has 174 valence electrons. The number of aliphatic hydroxyl groups excluding tert-OH is 2. The minimum atomic E-state index is -2.42. The zero-order valence-electron chi connectivity index (χ0n) is 18.9. The van der Waals surface area contributed by atoms with Crippen LogP contribution in [0.25, 0.3) is 0 Å². The normalized spacial score (nSPS) is 24.0. The van der Waals surface area contributed by atoms with Crippen molar-refractivity contribution in [2.75, 3.05) is 6.61 Å². The molecule has 0 saturated carbocycles. The van der Waals surface area contributed by atoms with Crippen LogP contribution in [0.2, 0.25) is 18.1 Å². The summed E-state index contributed by atoms with van der Waals surface area (Å²) >= 11 is 0. The number of aromatic nitrogens is 2. The minimum Gasteiger partial charge on any atom is -0.407 e. The first-order valence-electron chi connectivity index (χ1n) is 10.4. The van der Waals surface area contributed by atoms with Crippen molar-refractivity contribution in [2.24, 2.45) is 0 Å². The van der Waals surface area contributed by atoms with E-state index < -0.39 is 56.6 Å². The first-order chi connectivity index (χ1) is 14.9. The van der Waals surface area contributed by atoms with E-state index in [1.807, 2.05) is 33.9 Å². The van der Waals surface area contributed by atoms with E-state index >= 15 is 0 Å². The average Bonchev–Trinajstić information content (AvgIpc) is 3.03. The topological polar surface area (TPSA) is 120 Å². The van der Waals surface area contributed by atoms with Crippen molar-refractivity contribution < 1.29 is 24.2 Å². The van der Waals surface area contributed by atoms with Gasteiger partial charge >= 0.3 is 5.69 Å². The summed E-state index contributed by atoms with van der Waals surface area (Å²) in [5, 5.41) is 20.2. The predicted octanol–water partition coefficient (Wildman–Crippen LogP) is 1.34.